The van der Waals surface area contributed by atoms with Gasteiger partial charge in [0.05, 0.1) is 22.9 Å². The molecule has 0 bridgehead atoms. The van der Waals surface area contributed by atoms with Crippen LogP contribution in [0, 0.1) is 0 Å². The maximum absolute atomic E-state index is 12.1. The molecule has 5 nitrogen and oxygen atoms in total. The number of rotatable bonds is 6. The van der Waals surface area contributed by atoms with Crippen LogP contribution in [0.5, 0.6) is 5.75 Å². The van der Waals surface area contributed by atoms with E-state index in [1.807, 2.05) is 24.3 Å². The molecule has 0 spiro atoms. The Morgan fingerprint density at radius 2 is 1.96 bits per heavy atom. The average Bonchev–Trinajstić information content (AvgIpc) is 3.04. The number of hydrogen-bond acceptors (Lipinski definition) is 6. The van der Waals surface area contributed by atoms with Crippen LogP contribution in [0.2, 0.25) is 10.0 Å². The molecule has 0 saturated carbocycles. The first kappa shape index (κ1) is 19.8. The Morgan fingerprint density at radius 1 is 1.22 bits per heavy atom. The van der Waals surface area contributed by atoms with Crippen LogP contribution in [0.25, 0.3) is 11.3 Å². The van der Waals surface area contributed by atoms with Crippen LogP contribution in [0.1, 0.15) is 0 Å². The number of thioether (sulfide) groups is 1. The van der Waals surface area contributed by atoms with E-state index in [2.05, 4.69) is 10.3 Å². The fourth-order valence-corrected chi connectivity index (χ4v) is 4.27. The van der Waals surface area contributed by atoms with Gasteiger partial charge in [0.25, 0.3) is 0 Å². The number of nitrogens with one attached hydrogen (secondary N) is 1. The van der Waals surface area contributed by atoms with E-state index in [1.54, 1.807) is 25.3 Å². The maximum atomic E-state index is 12.1. The highest BCUT2D eigenvalue weighted by Crippen LogP contribution is 2.36. The van der Waals surface area contributed by atoms with Crippen molar-refractivity contribution in [3.63, 3.8) is 0 Å². The number of halogens is 2. The van der Waals surface area contributed by atoms with Crippen molar-refractivity contribution >= 4 is 62.9 Å². The molecular formula is C18H15Cl2N3O2S2. The third kappa shape index (κ3) is 5.07. The predicted octanol–water partition coefficient (Wildman–Crippen LogP) is 5.44. The predicted molar refractivity (Wildman–Crippen MR) is 114 cm³/mol. The smallest absolute Gasteiger partial charge is 0.234 e. The summed E-state index contributed by atoms with van der Waals surface area (Å²) in [6.45, 7) is 0. The summed E-state index contributed by atoms with van der Waals surface area (Å²) in [5.41, 5.74) is 8.28. The highest BCUT2D eigenvalue weighted by Gasteiger charge is 2.13. The molecule has 0 fully saturated rings. The molecule has 3 N–H and O–H groups in total. The minimum absolute atomic E-state index is 0.168. The van der Waals surface area contributed by atoms with Crippen LogP contribution in [0.3, 0.4) is 0 Å². The minimum Gasteiger partial charge on any atom is -0.497 e. The average molecular weight is 440 g/mol. The summed E-state index contributed by atoms with van der Waals surface area (Å²) < 4.78 is 5.88. The molecule has 2 aromatic carbocycles. The molecule has 9 heteroatoms. The van der Waals surface area contributed by atoms with Crippen LogP contribution in [-0.4, -0.2) is 23.8 Å². The molecule has 0 atom stereocenters. The van der Waals surface area contributed by atoms with Crippen molar-refractivity contribution in [2.24, 2.45) is 0 Å². The van der Waals surface area contributed by atoms with Crippen LogP contribution in [-0.2, 0) is 4.79 Å². The molecule has 1 heterocycles. The number of carbonyl (C=O) groups excluding carboxylic acids is 1. The zero-order valence-electron chi connectivity index (χ0n) is 14.2. The standard InChI is InChI=1S/C18H15Cl2N3O2S2/c1-25-12-5-2-10(3-6-12)16-17(21)27-18(23-16)26-9-15(24)22-11-4-7-13(19)14(20)8-11/h2-8H,9,21H2,1H3,(H,22,24). The number of carbonyl (C=O) groups is 1. The highest BCUT2D eigenvalue weighted by atomic mass is 35.5. The number of nitrogens with zero attached hydrogens (tertiary/aromatic N) is 1. The SMILES string of the molecule is COc1ccc(-c2nc(SCC(=O)Nc3ccc(Cl)c(Cl)c3)sc2N)cc1. The lowest BCUT2D eigenvalue weighted by molar-refractivity contribution is -0.113. The van der Waals surface area contributed by atoms with Gasteiger partial charge in [0.1, 0.15) is 16.4 Å². The molecular weight excluding hydrogens is 425 g/mol. The lowest BCUT2D eigenvalue weighted by Gasteiger charge is -2.05. The number of methoxy groups -OCH3 is 1. The molecule has 0 aliphatic rings. The molecule has 0 aliphatic heterocycles. The summed E-state index contributed by atoms with van der Waals surface area (Å²) in [4.78, 5) is 16.7. The molecule has 140 valence electrons. The van der Waals surface area contributed by atoms with Crippen molar-refractivity contribution in [3.05, 3.63) is 52.5 Å². The topological polar surface area (TPSA) is 77.2 Å². The van der Waals surface area contributed by atoms with E-state index >= 15 is 0 Å². The normalized spacial score (nSPS) is 10.6. The number of anilines is 2. The number of thiazole rings is 1. The van der Waals surface area contributed by atoms with Gasteiger partial charge in [0.15, 0.2) is 4.34 Å². The van der Waals surface area contributed by atoms with Gasteiger partial charge >= 0.3 is 0 Å². The third-order valence-electron chi connectivity index (χ3n) is 3.53. The van der Waals surface area contributed by atoms with E-state index in [-0.39, 0.29) is 11.7 Å². The lowest BCUT2D eigenvalue weighted by atomic mass is 10.1. The quantitative estimate of drug-likeness (QED) is 0.500. The number of nitrogen functional groups attached to an aromatic ring is 1. The molecule has 0 radical (unpaired) electrons. The zero-order chi connectivity index (χ0) is 19.4. The van der Waals surface area contributed by atoms with E-state index in [1.165, 1.54) is 23.1 Å². The van der Waals surface area contributed by atoms with Gasteiger partial charge in [-0.15, -0.1) is 0 Å². The van der Waals surface area contributed by atoms with Crippen molar-refractivity contribution in [2.75, 3.05) is 23.9 Å². The maximum Gasteiger partial charge on any atom is 0.234 e. The van der Waals surface area contributed by atoms with E-state index in [9.17, 15) is 4.79 Å². The van der Waals surface area contributed by atoms with Crippen molar-refractivity contribution in [2.45, 2.75) is 4.34 Å². The van der Waals surface area contributed by atoms with Gasteiger partial charge in [-0.1, -0.05) is 46.3 Å². The van der Waals surface area contributed by atoms with E-state index in [4.69, 9.17) is 33.7 Å². The molecule has 0 unspecified atom stereocenters. The van der Waals surface area contributed by atoms with Crippen molar-refractivity contribution in [3.8, 4) is 17.0 Å². The number of benzene rings is 2. The van der Waals surface area contributed by atoms with Gasteiger partial charge in [-0.2, -0.15) is 0 Å². The van der Waals surface area contributed by atoms with E-state index < -0.39 is 0 Å². The Morgan fingerprint density at radius 3 is 2.63 bits per heavy atom. The number of amides is 1. The second-order valence-corrected chi connectivity index (χ2v) is 8.45. The molecule has 1 amide bonds. The number of nitrogens with two attached hydrogens (primary N) is 1. The largest absolute Gasteiger partial charge is 0.497 e. The van der Waals surface area contributed by atoms with Gasteiger partial charge in [-0.3, -0.25) is 4.79 Å². The Kier molecular flexibility index (Phi) is 6.49. The monoisotopic (exact) mass is 439 g/mol. The Hall–Kier alpha value is -1.93. The van der Waals surface area contributed by atoms with Gasteiger partial charge in [0, 0.05) is 11.3 Å². The first-order chi connectivity index (χ1) is 13.0. The Labute approximate surface area is 174 Å². The Bertz CT molecular complexity index is 962. The summed E-state index contributed by atoms with van der Waals surface area (Å²) in [6, 6.07) is 12.4. The molecule has 0 aliphatic carbocycles. The Balaban J connectivity index is 1.62. The molecule has 0 saturated heterocycles. The highest BCUT2D eigenvalue weighted by molar-refractivity contribution is 8.01. The molecule has 3 rings (SSSR count). The second-order valence-electron chi connectivity index (χ2n) is 5.39. The number of ether oxygens (including phenoxy) is 1. The zero-order valence-corrected chi connectivity index (χ0v) is 17.3. The summed E-state index contributed by atoms with van der Waals surface area (Å²) in [6.07, 6.45) is 0. The van der Waals surface area contributed by atoms with Gasteiger partial charge < -0.3 is 15.8 Å². The lowest BCUT2D eigenvalue weighted by Crippen LogP contribution is -2.13. The summed E-state index contributed by atoms with van der Waals surface area (Å²) in [7, 11) is 1.62. The van der Waals surface area contributed by atoms with Crippen LogP contribution in [0.15, 0.2) is 46.8 Å². The van der Waals surface area contributed by atoms with E-state index in [0.29, 0.717) is 26.4 Å². The van der Waals surface area contributed by atoms with Crippen LogP contribution in [0.4, 0.5) is 10.7 Å². The first-order valence-corrected chi connectivity index (χ1v) is 10.3. The fraction of sp³-hybridized carbons (Fsp3) is 0.111. The fourth-order valence-electron chi connectivity index (χ4n) is 2.23. The third-order valence-corrected chi connectivity index (χ3v) is 6.29. The minimum atomic E-state index is -0.168. The molecule has 3 aromatic rings. The van der Waals surface area contributed by atoms with Gasteiger partial charge in [-0.05, 0) is 42.5 Å². The summed E-state index contributed by atoms with van der Waals surface area (Å²) in [5, 5.41) is 4.21. The first-order valence-electron chi connectivity index (χ1n) is 7.74. The molecule has 1 aromatic heterocycles. The number of aromatic nitrogens is 1. The van der Waals surface area contributed by atoms with E-state index in [0.717, 1.165) is 15.7 Å². The van der Waals surface area contributed by atoms with Gasteiger partial charge in [-0.25, -0.2) is 4.98 Å². The van der Waals surface area contributed by atoms with Crippen molar-refractivity contribution in [1.82, 2.24) is 4.98 Å². The van der Waals surface area contributed by atoms with Crippen molar-refractivity contribution in [1.29, 1.82) is 0 Å². The van der Waals surface area contributed by atoms with Crippen LogP contribution < -0.4 is 15.8 Å². The number of hydrogen-bond donors (Lipinski definition) is 2. The van der Waals surface area contributed by atoms with Gasteiger partial charge in [0.2, 0.25) is 5.91 Å². The van der Waals surface area contributed by atoms with Crippen LogP contribution >= 0.6 is 46.3 Å². The van der Waals surface area contributed by atoms with Crippen molar-refractivity contribution < 1.29 is 9.53 Å². The summed E-state index contributed by atoms with van der Waals surface area (Å²) in [5.74, 6) is 0.800. The summed E-state index contributed by atoms with van der Waals surface area (Å²) >= 11 is 14.5. The molecule has 27 heavy (non-hydrogen) atoms. The second kappa shape index (κ2) is 8.84.